The van der Waals surface area contributed by atoms with Gasteiger partial charge in [-0.05, 0) is 24.6 Å². The molecule has 0 bridgehead atoms. The lowest BCUT2D eigenvalue weighted by molar-refractivity contribution is 0.581. The summed E-state index contributed by atoms with van der Waals surface area (Å²) < 4.78 is 25.9. The number of nitrogen functional groups attached to an aromatic ring is 1. The molecule has 0 aliphatic carbocycles. The Balaban J connectivity index is 2.23. The van der Waals surface area contributed by atoms with Crippen molar-refractivity contribution in [2.75, 3.05) is 11.5 Å². The van der Waals surface area contributed by atoms with Gasteiger partial charge < -0.3 is 5.73 Å². The number of para-hydroxylation sites is 1. The SMILES string of the molecule is Cc1cccc(S(=O)(=O)CCn2cccn2)c1N. The van der Waals surface area contributed by atoms with Crippen LogP contribution in [0.2, 0.25) is 0 Å². The van der Waals surface area contributed by atoms with Crippen molar-refractivity contribution < 1.29 is 8.42 Å². The van der Waals surface area contributed by atoms with E-state index in [1.165, 1.54) is 0 Å². The van der Waals surface area contributed by atoms with E-state index in [-0.39, 0.29) is 10.6 Å². The number of aromatic nitrogens is 2. The maximum atomic E-state index is 12.2. The molecule has 6 heteroatoms. The molecule has 0 saturated carbocycles. The molecule has 0 fully saturated rings. The van der Waals surface area contributed by atoms with Crippen LogP contribution in [0.5, 0.6) is 0 Å². The Morgan fingerprint density at radius 1 is 1.33 bits per heavy atom. The predicted octanol–water partition coefficient (Wildman–Crippen LogP) is 1.25. The highest BCUT2D eigenvalue weighted by Gasteiger charge is 2.18. The molecule has 0 atom stereocenters. The number of hydrogen-bond donors (Lipinski definition) is 1. The summed E-state index contributed by atoms with van der Waals surface area (Å²) in [7, 11) is -3.38. The molecule has 18 heavy (non-hydrogen) atoms. The molecule has 0 aliphatic heterocycles. The summed E-state index contributed by atoms with van der Waals surface area (Å²) in [4.78, 5) is 0.203. The Labute approximate surface area is 106 Å². The molecule has 2 aromatic rings. The minimum absolute atomic E-state index is 0.0116. The Hall–Kier alpha value is -1.82. The van der Waals surface area contributed by atoms with E-state index in [0.29, 0.717) is 12.2 Å². The third-order valence-corrected chi connectivity index (χ3v) is 4.51. The van der Waals surface area contributed by atoms with Gasteiger partial charge in [0.05, 0.1) is 22.9 Å². The molecule has 96 valence electrons. The molecule has 2 rings (SSSR count). The van der Waals surface area contributed by atoms with E-state index in [1.54, 1.807) is 48.3 Å². The van der Waals surface area contributed by atoms with Crippen molar-refractivity contribution >= 4 is 15.5 Å². The molecule has 0 saturated heterocycles. The van der Waals surface area contributed by atoms with Crippen molar-refractivity contribution in [3.8, 4) is 0 Å². The van der Waals surface area contributed by atoms with Crippen LogP contribution in [0, 0.1) is 6.92 Å². The summed E-state index contributed by atoms with van der Waals surface area (Å²) in [5.74, 6) is -0.0116. The van der Waals surface area contributed by atoms with Gasteiger partial charge in [-0.3, -0.25) is 4.68 Å². The molecule has 0 amide bonds. The van der Waals surface area contributed by atoms with E-state index in [2.05, 4.69) is 5.10 Å². The van der Waals surface area contributed by atoms with Crippen LogP contribution >= 0.6 is 0 Å². The molecule has 0 radical (unpaired) electrons. The number of sulfone groups is 1. The monoisotopic (exact) mass is 265 g/mol. The first-order chi connectivity index (χ1) is 8.50. The average molecular weight is 265 g/mol. The van der Waals surface area contributed by atoms with E-state index in [1.807, 2.05) is 0 Å². The zero-order valence-electron chi connectivity index (χ0n) is 10.1. The molecule has 0 unspecified atom stereocenters. The van der Waals surface area contributed by atoms with E-state index >= 15 is 0 Å². The van der Waals surface area contributed by atoms with Gasteiger partial charge >= 0.3 is 0 Å². The second-order valence-corrected chi connectivity index (χ2v) is 6.15. The highest BCUT2D eigenvalue weighted by atomic mass is 32.2. The second-order valence-electron chi connectivity index (χ2n) is 4.07. The van der Waals surface area contributed by atoms with E-state index in [0.717, 1.165) is 5.56 Å². The first kappa shape index (κ1) is 12.6. The normalized spacial score (nSPS) is 11.6. The highest BCUT2D eigenvalue weighted by Crippen LogP contribution is 2.22. The van der Waals surface area contributed by atoms with E-state index < -0.39 is 9.84 Å². The number of nitrogens with two attached hydrogens (primary N) is 1. The van der Waals surface area contributed by atoms with Gasteiger partial charge in [-0.2, -0.15) is 5.10 Å². The van der Waals surface area contributed by atoms with Crippen LogP contribution in [0.25, 0.3) is 0 Å². The summed E-state index contributed by atoms with van der Waals surface area (Å²) in [6.07, 6.45) is 3.35. The van der Waals surface area contributed by atoms with E-state index in [4.69, 9.17) is 5.73 Å². The summed E-state index contributed by atoms with van der Waals surface area (Å²) in [5, 5.41) is 3.97. The average Bonchev–Trinajstić information content (AvgIpc) is 2.83. The predicted molar refractivity (Wildman–Crippen MR) is 69.9 cm³/mol. The maximum Gasteiger partial charge on any atom is 0.182 e. The number of nitrogens with zero attached hydrogens (tertiary/aromatic N) is 2. The van der Waals surface area contributed by atoms with Crippen LogP contribution in [0.1, 0.15) is 5.56 Å². The first-order valence-corrected chi connectivity index (χ1v) is 7.21. The van der Waals surface area contributed by atoms with Crippen LogP contribution in [0.3, 0.4) is 0 Å². The van der Waals surface area contributed by atoms with Crippen molar-refractivity contribution in [1.82, 2.24) is 9.78 Å². The van der Waals surface area contributed by atoms with Gasteiger partial charge in [0.2, 0.25) is 0 Å². The van der Waals surface area contributed by atoms with Crippen molar-refractivity contribution in [3.63, 3.8) is 0 Å². The lowest BCUT2D eigenvalue weighted by Crippen LogP contribution is -2.15. The Morgan fingerprint density at radius 3 is 2.78 bits per heavy atom. The number of aryl methyl sites for hydroxylation is 2. The summed E-state index contributed by atoms with van der Waals surface area (Å²) in [5.41, 5.74) is 6.92. The van der Waals surface area contributed by atoms with E-state index in [9.17, 15) is 8.42 Å². The Bertz CT molecular complexity index is 633. The third-order valence-electron chi connectivity index (χ3n) is 2.77. The van der Waals surface area contributed by atoms with Crippen molar-refractivity contribution in [2.24, 2.45) is 0 Å². The van der Waals surface area contributed by atoms with Gasteiger partial charge in [0.1, 0.15) is 0 Å². The minimum atomic E-state index is -3.38. The van der Waals surface area contributed by atoms with Gasteiger partial charge in [-0.1, -0.05) is 12.1 Å². The number of rotatable bonds is 4. The van der Waals surface area contributed by atoms with Crippen LogP contribution < -0.4 is 5.73 Å². The lowest BCUT2D eigenvalue weighted by atomic mass is 10.2. The van der Waals surface area contributed by atoms with Crippen LogP contribution in [0.4, 0.5) is 5.69 Å². The van der Waals surface area contributed by atoms with Crippen molar-refractivity contribution in [1.29, 1.82) is 0 Å². The Kier molecular flexibility index (Phi) is 3.38. The fourth-order valence-corrected chi connectivity index (χ4v) is 3.11. The topological polar surface area (TPSA) is 78.0 Å². The minimum Gasteiger partial charge on any atom is -0.397 e. The lowest BCUT2D eigenvalue weighted by Gasteiger charge is -2.09. The van der Waals surface area contributed by atoms with Crippen LogP contribution in [0.15, 0.2) is 41.6 Å². The first-order valence-electron chi connectivity index (χ1n) is 5.56. The largest absolute Gasteiger partial charge is 0.397 e. The molecule has 2 N–H and O–H groups in total. The van der Waals surface area contributed by atoms with Gasteiger partial charge in [0.15, 0.2) is 9.84 Å². The maximum absolute atomic E-state index is 12.2. The molecule has 0 aliphatic rings. The molecular formula is C12H15N3O2S. The van der Waals surface area contributed by atoms with Crippen molar-refractivity contribution in [3.05, 3.63) is 42.2 Å². The summed E-state index contributed by atoms with van der Waals surface area (Å²) >= 11 is 0. The highest BCUT2D eigenvalue weighted by molar-refractivity contribution is 7.91. The molecule has 5 nitrogen and oxygen atoms in total. The standard InChI is InChI=1S/C12H15N3O2S/c1-10-4-2-5-11(12(10)13)18(16,17)9-8-15-7-3-6-14-15/h2-7H,8-9,13H2,1H3. The molecule has 1 aromatic carbocycles. The van der Waals surface area contributed by atoms with Gasteiger partial charge in [-0.25, -0.2) is 8.42 Å². The second kappa shape index (κ2) is 4.81. The fourth-order valence-electron chi connectivity index (χ4n) is 1.68. The number of benzene rings is 1. The summed E-state index contributed by atoms with van der Waals surface area (Å²) in [6.45, 7) is 2.12. The number of hydrogen-bond acceptors (Lipinski definition) is 4. The number of anilines is 1. The molecule has 1 heterocycles. The molecule has 1 aromatic heterocycles. The third kappa shape index (κ3) is 2.53. The molecule has 0 spiro atoms. The van der Waals surface area contributed by atoms with Crippen LogP contribution in [-0.4, -0.2) is 24.0 Å². The zero-order valence-corrected chi connectivity index (χ0v) is 10.9. The molecular weight excluding hydrogens is 250 g/mol. The zero-order chi connectivity index (χ0) is 13.2. The van der Waals surface area contributed by atoms with Gasteiger partial charge in [0.25, 0.3) is 0 Å². The van der Waals surface area contributed by atoms with Gasteiger partial charge in [0, 0.05) is 12.4 Å². The van der Waals surface area contributed by atoms with Crippen LogP contribution in [-0.2, 0) is 16.4 Å². The smallest absolute Gasteiger partial charge is 0.182 e. The van der Waals surface area contributed by atoms with Crippen molar-refractivity contribution in [2.45, 2.75) is 18.4 Å². The van der Waals surface area contributed by atoms with Gasteiger partial charge in [-0.15, -0.1) is 0 Å². The quantitative estimate of drug-likeness (QED) is 0.844. The summed E-state index contributed by atoms with van der Waals surface area (Å²) in [6, 6.07) is 6.79. The Morgan fingerprint density at radius 2 is 2.11 bits per heavy atom. The fraction of sp³-hybridized carbons (Fsp3) is 0.250.